The van der Waals surface area contributed by atoms with Crippen LogP contribution in [0.3, 0.4) is 0 Å². The minimum absolute atomic E-state index is 0.177. The average molecular weight is 332 g/mol. The predicted molar refractivity (Wildman–Crippen MR) is 89.8 cm³/mol. The van der Waals surface area contributed by atoms with Gasteiger partial charge in [0.1, 0.15) is 5.82 Å². The number of halogens is 1. The third-order valence-corrected chi connectivity index (χ3v) is 4.65. The molecule has 120 valence electrons. The lowest BCUT2D eigenvalue weighted by Gasteiger charge is -2.15. The van der Waals surface area contributed by atoms with Crippen molar-refractivity contribution in [2.75, 3.05) is 11.9 Å². The molecule has 5 nitrogen and oxygen atoms in total. The van der Waals surface area contributed by atoms with E-state index in [1.54, 1.807) is 13.0 Å². The van der Waals surface area contributed by atoms with Crippen LogP contribution in [0, 0.1) is 12.7 Å². The van der Waals surface area contributed by atoms with Crippen molar-refractivity contribution in [3.05, 3.63) is 57.3 Å². The Morgan fingerprint density at radius 1 is 1.35 bits per heavy atom. The van der Waals surface area contributed by atoms with Gasteiger partial charge in [0.15, 0.2) is 0 Å². The Hall–Kier alpha value is -2.28. The SMILES string of the molecule is CCc1cc(=O)n2nc(N(C)Cc3ccc(C)c(F)c3)sc2n1. The van der Waals surface area contributed by atoms with Gasteiger partial charge in [0.05, 0.1) is 0 Å². The molecule has 0 amide bonds. The van der Waals surface area contributed by atoms with Gasteiger partial charge < -0.3 is 4.90 Å². The minimum atomic E-state index is -0.217. The Morgan fingerprint density at radius 2 is 2.13 bits per heavy atom. The van der Waals surface area contributed by atoms with Gasteiger partial charge in [0, 0.05) is 25.4 Å². The molecule has 0 aliphatic heterocycles. The van der Waals surface area contributed by atoms with Gasteiger partial charge in [-0.3, -0.25) is 4.79 Å². The van der Waals surface area contributed by atoms with Crippen molar-refractivity contribution in [2.24, 2.45) is 0 Å². The minimum Gasteiger partial charge on any atom is -0.345 e. The van der Waals surface area contributed by atoms with Crippen LogP contribution in [0.4, 0.5) is 9.52 Å². The number of aromatic nitrogens is 3. The Labute approximate surface area is 137 Å². The van der Waals surface area contributed by atoms with Crippen LogP contribution in [0.2, 0.25) is 0 Å². The highest BCUT2D eigenvalue weighted by Gasteiger charge is 2.12. The standard InChI is InChI=1S/C16H17FN4OS/c1-4-12-8-14(22)21-15(18-12)23-16(19-21)20(3)9-11-6-5-10(2)13(17)7-11/h5-8H,4,9H2,1-3H3. The first-order valence-electron chi connectivity index (χ1n) is 7.34. The van der Waals surface area contributed by atoms with Crippen molar-refractivity contribution in [3.63, 3.8) is 0 Å². The normalized spacial score (nSPS) is 11.1. The summed E-state index contributed by atoms with van der Waals surface area (Å²) >= 11 is 1.35. The zero-order valence-electron chi connectivity index (χ0n) is 13.2. The number of nitrogens with zero attached hydrogens (tertiary/aromatic N) is 4. The Balaban J connectivity index is 1.91. The van der Waals surface area contributed by atoms with Gasteiger partial charge in [0.2, 0.25) is 10.1 Å². The maximum Gasteiger partial charge on any atom is 0.275 e. The molecule has 23 heavy (non-hydrogen) atoms. The van der Waals surface area contributed by atoms with Crippen LogP contribution < -0.4 is 10.5 Å². The molecular weight excluding hydrogens is 315 g/mol. The van der Waals surface area contributed by atoms with Gasteiger partial charge in [-0.25, -0.2) is 9.37 Å². The zero-order chi connectivity index (χ0) is 16.6. The number of anilines is 1. The summed E-state index contributed by atoms with van der Waals surface area (Å²) < 4.78 is 15.0. The average Bonchev–Trinajstić information content (AvgIpc) is 2.95. The molecule has 0 saturated carbocycles. The largest absolute Gasteiger partial charge is 0.345 e. The maximum absolute atomic E-state index is 13.6. The number of aryl methyl sites for hydroxylation is 2. The second-order valence-corrected chi connectivity index (χ2v) is 6.39. The molecule has 3 rings (SSSR count). The summed E-state index contributed by atoms with van der Waals surface area (Å²) in [6.45, 7) is 4.20. The fourth-order valence-corrected chi connectivity index (χ4v) is 3.14. The highest BCUT2D eigenvalue weighted by atomic mass is 32.1. The van der Waals surface area contributed by atoms with Crippen LogP contribution in [-0.2, 0) is 13.0 Å². The molecular formula is C16H17FN4OS. The number of rotatable bonds is 4. The number of benzene rings is 1. The van der Waals surface area contributed by atoms with Crippen molar-refractivity contribution < 1.29 is 4.39 Å². The molecule has 0 aliphatic rings. The van der Waals surface area contributed by atoms with Crippen molar-refractivity contribution in [1.29, 1.82) is 0 Å². The quantitative estimate of drug-likeness (QED) is 0.737. The molecule has 0 spiro atoms. The molecule has 0 radical (unpaired) electrons. The summed E-state index contributed by atoms with van der Waals surface area (Å²) in [5.74, 6) is -0.217. The monoisotopic (exact) mass is 332 g/mol. The van der Waals surface area contributed by atoms with E-state index in [2.05, 4.69) is 10.1 Å². The highest BCUT2D eigenvalue weighted by Crippen LogP contribution is 2.22. The van der Waals surface area contributed by atoms with Crippen LogP contribution in [0.5, 0.6) is 0 Å². The van der Waals surface area contributed by atoms with Crippen molar-refractivity contribution in [1.82, 2.24) is 14.6 Å². The van der Waals surface area contributed by atoms with Gasteiger partial charge >= 0.3 is 0 Å². The molecule has 1 aromatic carbocycles. The van der Waals surface area contributed by atoms with E-state index in [4.69, 9.17) is 0 Å². The Bertz CT molecular complexity index is 918. The van der Waals surface area contributed by atoms with Crippen LogP contribution in [0.25, 0.3) is 4.96 Å². The van der Waals surface area contributed by atoms with Gasteiger partial charge in [0.25, 0.3) is 5.56 Å². The summed E-state index contributed by atoms with van der Waals surface area (Å²) in [5, 5.41) is 4.99. The molecule has 0 bridgehead atoms. The first-order chi connectivity index (χ1) is 11.0. The summed E-state index contributed by atoms with van der Waals surface area (Å²) in [5.41, 5.74) is 2.06. The summed E-state index contributed by atoms with van der Waals surface area (Å²) in [6, 6.07) is 6.68. The molecule has 0 fully saturated rings. The van der Waals surface area contributed by atoms with Gasteiger partial charge in [-0.2, -0.15) is 4.52 Å². The first kappa shape index (κ1) is 15.6. The molecule has 2 heterocycles. The molecule has 3 aromatic rings. The molecule has 0 saturated heterocycles. The third-order valence-electron chi connectivity index (χ3n) is 3.63. The van der Waals surface area contributed by atoms with E-state index in [0.717, 1.165) is 11.3 Å². The van der Waals surface area contributed by atoms with E-state index < -0.39 is 0 Å². The van der Waals surface area contributed by atoms with E-state index in [-0.39, 0.29) is 11.4 Å². The van der Waals surface area contributed by atoms with Crippen LogP contribution in [0.15, 0.2) is 29.1 Å². The molecule has 0 aliphatic carbocycles. The van der Waals surface area contributed by atoms with Crippen LogP contribution in [-0.4, -0.2) is 21.6 Å². The molecule has 2 aromatic heterocycles. The Kier molecular flexibility index (Phi) is 4.12. The van der Waals surface area contributed by atoms with Crippen molar-refractivity contribution in [3.8, 4) is 0 Å². The fourth-order valence-electron chi connectivity index (χ4n) is 2.26. The number of fused-ring (bicyclic) bond motifs is 1. The first-order valence-corrected chi connectivity index (χ1v) is 8.15. The van der Waals surface area contributed by atoms with Crippen molar-refractivity contribution in [2.45, 2.75) is 26.8 Å². The van der Waals surface area contributed by atoms with Gasteiger partial charge in [-0.15, -0.1) is 5.10 Å². The zero-order valence-corrected chi connectivity index (χ0v) is 14.0. The van der Waals surface area contributed by atoms with E-state index in [1.807, 2.05) is 24.9 Å². The lowest BCUT2D eigenvalue weighted by molar-refractivity contribution is 0.615. The van der Waals surface area contributed by atoms with E-state index in [9.17, 15) is 9.18 Å². The van der Waals surface area contributed by atoms with E-state index in [0.29, 0.717) is 28.6 Å². The second kappa shape index (κ2) is 6.08. The smallest absolute Gasteiger partial charge is 0.275 e. The maximum atomic E-state index is 13.6. The summed E-state index contributed by atoms with van der Waals surface area (Å²) in [6.07, 6.45) is 0.706. The van der Waals surface area contributed by atoms with E-state index in [1.165, 1.54) is 28.0 Å². The second-order valence-electron chi connectivity index (χ2n) is 5.46. The molecule has 0 N–H and O–H groups in total. The predicted octanol–water partition coefficient (Wildman–Crippen LogP) is 2.80. The highest BCUT2D eigenvalue weighted by molar-refractivity contribution is 7.20. The fraction of sp³-hybridized carbons (Fsp3) is 0.312. The molecule has 0 atom stereocenters. The van der Waals surface area contributed by atoms with Crippen LogP contribution >= 0.6 is 11.3 Å². The van der Waals surface area contributed by atoms with Gasteiger partial charge in [-0.1, -0.05) is 30.4 Å². The Morgan fingerprint density at radius 3 is 2.83 bits per heavy atom. The van der Waals surface area contributed by atoms with Crippen LogP contribution in [0.1, 0.15) is 23.7 Å². The number of hydrogen-bond donors (Lipinski definition) is 0. The lowest BCUT2D eigenvalue weighted by Crippen LogP contribution is -2.19. The molecule has 0 unspecified atom stereocenters. The van der Waals surface area contributed by atoms with Crippen molar-refractivity contribution >= 4 is 21.4 Å². The van der Waals surface area contributed by atoms with Gasteiger partial charge in [-0.05, 0) is 30.5 Å². The summed E-state index contributed by atoms with van der Waals surface area (Å²) in [7, 11) is 1.86. The van der Waals surface area contributed by atoms with E-state index >= 15 is 0 Å². The topological polar surface area (TPSA) is 50.5 Å². The number of hydrogen-bond acceptors (Lipinski definition) is 5. The lowest BCUT2D eigenvalue weighted by atomic mass is 10.1. The third kappa shape index (κ3) is 3.10. The molecule has 7 heteroatoms. The summed E-state index contributed by atoms with van der Waals surface area (Å²) in [4.78, 5) is 18.9.